The van der Waals surface area contributed by atoms with E-state index in [0.29, 0.717) is 0 Å². The number of hydrogen-bond donors (Lipinski definition) is 0. The molecule has 0 aromatic rings. The SMILES string of the molecule is [SiH3]O[SiH2][SiH]1CC1. The third-order valence-corrected chi connectivity index (χ3v) is 11.2. The van der Waals surface area contributed by atoms with Gasteiger partial charge in [-0.3, -0.25) is 0 Å². The van der Waals surface area contributed by atoms with Crippen LogP contribution in [0.5, 0.6) is 0 Å². The van der Waals surface area contributed by atoms with Crippen LogP contribution in [0.3, 0.4) is 0 Å². The van der Waals surface area contributed by atoms with E-state index in [0.717, 1.165) is 10.5 Å². The molecule has 36 valence electrons. The van der Waals surface area contributed by atoms with E-state index in [1.54, 1.807) is 12.1 Å². The molecule has 0 aromatic carbocycles. The molecule has 6 heavy (non-hydrogen) atoms. The Morgan fingerprint density at radius 3 is 2.50 bits per heavy atom. The maximum atomic E-state index is 5.21. The minimum absolute atomic E-state index is 0.0309. The van der Waals surface area contributed by atoms with E-state index in [1.165, 1.54) is 0 Å². The van der Waals surface area contributed by atoms with Crippen molar-refractivity contribution in [1.29, 1.82) is 0 Å². The third-order valence-electron chi connectivity index (χ3n) is 1.10. The summed E-state index contributed by atoms with van der Waals surface area (Å²) in [6.45, 7) is 0. The van der Waals surface area contributed by atoms with Crippen LogP contribution in [-0.4, -0.2) is 28.1 Å². The summed E-state index contributed by atoms with van der Waals surface area (Å²) in [6, 6.07) is 3.24. The number of hydrogen-bond acceptors (Lipinski definition) is 1. The first-order valence-corrected chi connectivity index (χ1v) is 8.71. The van der Waals surface area contributed by atoms with E-state index < -0.39 is 0 Å². The second-order valence-corrected chi connectivity index (χ2v) is 11.9. The zero-order chi connectivity index (χ0) is 4.41. The first-order valence-electron chi connectivity index (χ1n) is 2.42. The van der Waals surface area contributed by atoms with E-state index >= 15 is 0 Å². The summed E-state index contributed by atoms with van der Waals surface area (Å²) in [5.74, 6) is 0. The topological polar surface area (TPSA) is 9.23 Å². The molecule has 1 heterocycles. The summed E-state index contributed by atoms with van der Waals surface area (Å²) in [6.07, 6.45) is 0. The van der Waals surface area contributed by atoms with Gasteiger partial charge in [-0.25, -0.2) is 0 Å². The average molecular weight is 134 g/mol. The summed E-state index contributed by atoms with van der Waals surface area (Å²) < 4.78 is 5.21. The Hall–Kier alpha value is 0.611. The van der Waals surface area contributed by atoms with Crippen molar-refractivity contribution in [3.63, 3.8) is 0 Å². The van der Waals surface area contributed by atoms with Crippen molar-refractivity contribution in [1.82, 2.24) is 0 Å². The summed E-state index contributed by atoms with van der Waals surface area (Å²) >= 11 is 0. The zero-order valence-electron chi connectivity index (χ0n) is 4.11. The Morgan fingerprint density at radius 2 is 2.33 bits per heavy atom. The van der Waals surface area contributed by atoms with Gasteiger partial charge in [-0.05, 0) is 0 Å². The summed E-state index contributed by atoms with van der Waals surface area (Å²) in [5.41, 5.74) is 0. The van der Waals surface area contributed by atoms with Gasteiger partial charge >= 0.3 is 0 Å². The minimum Gasteiger partial charge on any atom is -0.471 e. The molecule has 1 rings (SSSR count). The van der Waals surface area contributed by atoms with Gasteiger partial charge in [0, 0.05) is 0 Å². The highest BCUT2D eigenvalue weighted by Gasteiger charge is 2.22. The zero-order valence-corrected chi connectivity index (χ0v) is 8.68. The molecular weight excluding hydrogens is 124 g/mol. The molecule has 0 bridgehead atoms. The predicted octanol–water partition coefficient (Wildman–Crippen LogP) is -1.90. The standard InChI is InChI=1S/C2H10OSi3/c4-3-5-6-1-2-6/h6H,1-2,5H2,4H3. The summed E-state index contributed by atoms with van der Waals surface area (Å²) in [5, 5.41) is 0. The molecule has 0 aromatic heterocycles. The third kappa shape index (κ3) is 1.38. The highest BCUT2D eigenvalue weighted by molar-refractivity contribution is 7.16. The lowest BCUT2D eigenvalue weighted by Crippen LogP contribution is -2.05. The minimum atomic E-state index is 0.0309. The van der Waals surface area contributed by atoms with E-state index in [9.17, 15) is 0 Å². The maximum Gasteiger partial charge on any atom is 0.130 e. The molecular formula is C2H10OSi3. The Labute approximate surface area is 45.0 Å². The Bertz CT molecular complexity index is 44.1. The fourth-order valence-corrected chi connectivity index (χ4v) is 11.0. The molecule has 1 aliphatic rings. The summed E-state index contributed by atoms with van der Waals surface area (Å²) in [7, 11) is 1.22. The normalized spacial score (nSPS) is 24.0. The van der Waals surface area contributed by atoms with E-state index in [4.69, 9.17) is 4.12 Å². The second-order valence-electron chi connectivity index (χ2n) is 1.90. The smallest absolute Gasteiger partial charge is 0.130 e. The molecule has 0 N–H and O–H groups in total. The van der Waals surface area contributed by atoms with Crippen LogP contribution >= 0.6 is 0 Å². The lowest BCUT2D eigenvalue weighted by atomic mass is 11.0. The molecule has 1 aliphatic heterocycles. The van der Waals surface area contributed by atoms with Gasteiger partial charge < -0.3 is 4.12 Å². The highest BCUT2D eigenvalue weighted by Crippen LogP contribution is 2.18. The fraction of sp³-hybridized carbons (Fsp3) is 1.00. The van der Waals surface area contributed by atoms with Crippen molar-refractivity contribution in [2.45, 2.75) is 12.1 Å². The van der Waals surface area contributed by atoms with Crippen LogP contribution in [0.2, 0.25) is 12.1 Å². The van der Waals surface area contributed by atoms with Crippen LogP contribution in [0.25, 0.3) is 0 Å². The summed E-state index contributed by atoms with van der Waals surface area (Å²) in [4.78, 5) is 0. The van der Waals surface area contributed by atoms with E-state index in [-0.39, 0.29) is 17.6 Å². The van der Waals surface area contributed by atoms with Crippen LogP contribution < -0.4 is 0 Å². The van der Waals surface area contributed by atoms with Crippen molar-refractivity contribution in [3.8, 4) is 0 Å². The lowest BCUT2D eigenvalue weighted by molar-refractivity contribution is 0.682. The van der Waals surface area contributed by atoms with Gasteiger partial charge in [0.15, 0.2) is 0 Å². The van der Waals surface area contributed by atoms with Gasteiger partial charge in [0.25, 0.3) is 0 Å². The quantitative estimate of drug-likeness (QED) is 0.401. The van der Waals surface area contributed by atoms with Crippen LogP contribution in [-0.2, 0) is 4.12 Å². The van der Waals surface area contributed by atoms with Gasteiger partial charge in [-0.2, -0.15) is 0 Å². The average Bonchev–Trinajstić information content (AvgIpc) is 2.21. The molecule has 0 spiro atoms. The Morgan fingerprint density at radius 1 is 1.67 bits per heavy atom. The monoisotopic (exact) mass is 134 g/mol. The van der Waals surface area contributed by atoms with Crippen LogP contribution in [0.15, 0.2) is 0 Å². The first kappa shape index (κ1) is 4.76. The van der Waals surface area contributed by atoms with Crippen molar-refractivity contribution in [2.75, 3.05) is 0 Å². The first-order chi connectivity index (χ1) is 2.93. The molecule has 0 amide bonds. The number of rotatable bonds is 2. The van der Waals surface area contributed by atoms with E-state index in [1.807, 2.05) is 0 Å². The molecule has 1 nitrogen and oxygen atoms in total. The molecule has 0 atom stereocenters. The Kier molecular flexibility index (Phi) is 1.63. The van der Waals surface area contributed by atoms with E-state index in [2.05, 4.69) is 0 Å². The maximum absolute atomic E-state index is 5.21. The van der Waals surface area contributed by atoms with Gasteiger partial charge in [0.1, 0.15) is 19.8 Å². The molecule has 0 radical (unpaired) electrons. The lowest BCUT2D eigenvalue weighted by Gasteiger charge is -1.85. The largest absolute Gasteiger partial charge is 0.471 e. The van der Waals surface area contributed by atoms with Gasteiger partial charge in [0.2, 0.25) is 0 Å². The van der Waals surface area contributed by atoms with Crippen molar-refractivity contribution in [2.24, 2.45) is 0 Å². The van der Waals surface area contributed by atoms with Crippen molar-refractivity contribution < 1.29 is 4.12 Å². The highest BCUT2D eigenvalue weighted by atomic mass is 29.2. The van der Waals surface area contributed by atoms with Gasteiger partial charge in [-0.15, -0.1) is 0 Å². The predicted molar refractivity (Wildman–Crippen MR) is 36.3 cm³/mol. The molecule has 1 saturated heterocycles. The Balaban J connectivity index is 1.88. The van der Waals surface area contributed by atoms with Gasteiger partial charge in [-0.1, -0.05) is 12.1 Å². The second kappa shape index (κ2) is 2.06. The van der Waals surface area contributed by atoms with Crippen LogP contribution in [0.1, 0.15) is 0 Å². The van der Waals surface area contributed by atoms with Crippen LogP contribution in [0, 0.1) is 0 Å². The molecule has 4 heteroatoms. The van der Waals surface area contributed by atoms with Gasteiger partial charge in [0.05, 0.1) is 8.31 Å². The van der Waals surface area contributed by atoms with Crippen molar-refractivity contribution in [3.05, 3.63) is 0 Å². The fourth-order valence-electron chi connectivity index (χ4n) is 0.520. The molecule has 0 saturated carbocycles. The molecule has 0 aliphatic carbocycles. The molecule has 0 unspecified atom stereocenters. The molecule has 1 fully saturated rings. The van der Waals surface area contributed by atoms with Crippen molar-refractivity contribution >= 4 is 28.1 Å². The van der Waals surface area contributed by atoms with Crippen LogP contribution in [0.4, 0.5) is 0 Å².